The first-order chi connectivity index (χ1) is 37.1. The van der Waals surface area contributed by atoms with Crippen LogP contribution in [0.2, 0.25) is 5.15 Å². The predicted octanol–water partition coefficient (Wildman–Crippen LogP) is 14.2. The summed E-state index contributed by atoms with van der Waals surface area (Å²) in [4.78, 5) is 33.0. The topological polar surface area (TPSA) is 113 Å². The number of pyridine rings is 3. The second-order valence-electron chi connectivity index (χ2n) is 21.5. The lowest BCUT2D eigenvalue weighted by atomic mass is 9.78. The van der Waals surface area contributed by atoms with Gasteiger partial charge in [-0.3, -0.25) is 19.6 Å². The van der Waals surface area contributed by atoms with Gasteiger partial charge in [0.15, 0.2) is 12.6 Å². The van der Waals surface area contributed by atoms with E-state index in [-0.39, 0.29) is 16.2 Å². The normalized spacial score (nSPS) is 11.0. The van der Waals surface area contributed by atoms with E-state index in [2.05, 4.69) is 223 Å². The summed E-state index contributed by atoms with van der Waals surface area (Å²) in [5, 5.41) is 22.1. The molecule has 0 aliphatic rings. The maximum atomic E-state index is 10.6. The van der Waals surface area contributed by atoms with E-state index in [1.165, 1.54) is 38.8 Å². The number of hydrogen-bond acceptors (Lipinski definition) is 7. The van der Waals surface area contributed by atoms with Crippen LogP contribution in [0, 0.1) is 0 Å². The number of benzene rings is 6. The van der Waals surface area contributed by atoms with E-state index in [0.717, 1.165) is 40.7 Å². The van der Waals surface area contributed by atoms with Crippen molar-refractivity contribution in [1.82, 2.24) is 15.0 Å². The van der Waals surface area contributed by atoms with Crippen molar-refractivity contribution in [3.63, 3.8) is 0 Å². The Hall–Kier alpha value is -7.58. The number of nitrogens with zero attached hydrogens (tertiary/aromatic N) is 3. The number of aromatic nitrogens is 3. The molecule has 10 heteroatoms. The maximum absolute atomic E-state index is 10.6. The number of hydrogen-bond donors (Lipinski definition) is 2. The first-order valence-corrected chi connectivity index (χ1v) is 28.1. The second-order valence-corrected chi connectivity index (χ2v) is 25.1. The molecule has 0 unspecified atom stereocenters. The molecular weight excluding hydrogens is 1000 g/mol. The molecule has 6 aromatic carbocycles. The van der Waals surface area contributed by atoms with E-state index in [1.54, 1.807) is 42.6 Å². The molecule has 7 nitrogen and oxygen atoms in total. The molecule has 0 bridgehead atoms. The molecule has 78 heavy (non-hydrogen) atoms. The first kappa shape index (κ1) is 61.3. The second kappa shape index (κ2) is 28.7. The summed E-state index contributed by atoms with van der Waals surface area (Å²) in [5.74, 6) is 0. The molecule has 3 heterocycles. The zero-order valence-corrected chi connectivity index (χ0v) is 48.0. The maximum Gasteiger partial charge on any atom is 0.488 e. The van der Waals surface area contributed by atoms with Gasteiger partial charge < -0.3 is 10.0 Å². The van der Waals surface area contributed by atoms with Crippen LogP contribution in [0.4, 0.5) is 0 Å². The number of carbonyl (C=O) groups excluding carboxylic acids is 2. The summed E-state index contributed by atoms with van der Waals surface area (Å²) in [6.45, 7) is 21.6. The minimum absolute atomic E-state index is 0.110. The molecular formula is C68H72BClN3O4P. The molecule has 0 atom stereocenters. The highest BCUT2D eigenvalue weighted by Gasteiger charge is 2.22. The van der Waals surface area contributed by atoms with Crippen LogP contribution in [0.3, 0.4) is 0 Å². The third-order valence-electron chi connectivity index (χ3n) is 12.6. The van der Waals surface area contributed by atoms with E-state index in [0.29, 0.717) is 21.7 Å². The molecule has 9 rings (SSSR count). The molecule has 0 fully saturated rings. The average molecular weight is 1070 g/mol. The smallest absolute Gasteiger partial charge is 0.423 e. The molecule has 2 N–H and O–H groups in total. The van der Waals surface area contributed by atoms with Gasteiger partial charge in [0.2, 0.25) is 0 Å². The van der Waals surface area contributed by atoms with Crippen LogP contribution in [0.15, 0.2) is 225 Å². The van der Waals surface area contributed by atoms with Crippen LogP contribution in [0.5, 0.6) is 0 Å². The number of rotatable bonds is 9. The average Bonchev–Trinajstić information content (AvgIpc) is 3.51. The lowest BCUT2D eigenvalue weighted by Crippen LogP contribution is -2.29. The molecule has 3 aromatic heterocycles. The number of halogens is 1. The minimum atomic E-state index is -1.78. The molecule has 0 spiro atoms. The summed E-state index contributed by atoms with van der Waals surface area (Å²) in [6.07, 6.45) is 12.9. The van der Waals surface area contributed by atoms with Crippen LogP contribution in [0.25, 0.3) is 28.6 Å². The van der Waals surface area contributed by atoms with Crippen molar-refractivity contribution in [3.05, 3.63) is 264 Å². The van der Waals surface area contributed by atoms with Gasteiger partial charge in [0.1, 0.15) is 5.15 Å². The van der Waals surface area contributed by atoms with Gasteiger partial charge in [-0.2, -0.15) is 0 Å². The fourth-order valence-electron chi connectivity index (χ4n) is 7.73. The van der Waals surface area contributed by atoms with Gasteiger partial charge in [0.25, 0.3) is 0 Å². The fourth-order valence-corrected chi connectivity index (χ4v) is 10.8. The van der Waals surface area contributed by atoms with E-state index in [9.17, 15) is 9.59 Å². The van der Waals surface area contributed by atoms with Crippen molar-refractivity contribution < 1.29 is 19.6 Å². The Balaban J connectivity index is 0.000000184. The van der Waals surface area contributed by atoms with Crippen LogP contribution in [0.1, 0.15) is 105 Å². The fraction of sp³-hybridized carbons (Fsp3) is 0.176. The first-order valence-electron chi connectivity index (χ1n) is 25.7. The van der Waals surface area contributed by atoms with Crippen LogP contribution < -0.4 is 21.4 Å². The molecule has 9 aromatic rings. The zero-order valence-electron chi connectivity index (χ0n) is 46.4. The Kier molecular flexibility index (Phi) is 22.5. The van der Waals surface area contributed by atoms with Crippen LogP contribution in [-0.4, -0.2) is 51.0 Å². The summed E-state index contributed by atoms with van der Waals surface area (Å²) >= 11 is 5.44. The van der Waals surface area contributed by atoms with E-state index < -0.39 is 14.0 Å². The summed E-state index contributed by atoms with van der Waals surface area (Å²) in [6, 6.07) is 67.2. The van der Waals surface area contributed by atoms with E-state index in [4.69, 9.17) is 27.9 Å². The predicted molar refractivity (Wildman–Crippen MR) is 334 cm³/mol. The Bertz CT molecular complexity index is 3080. The SMILES string of the molecule is C=Cc1ccc(-c2ccc(C(C)(C)C)cc2)nc1.C=P(c1ccccc1)(c1ccccc1)c1ccccc1.CC(C)(C)c1ccc(-c2ccc(C=O)cn2)cc1.CC(C)(C)c1ccc(B(O)O)cc1.O=Cc1ccc(Cl)nc1. The Labute approximate surface area is 469 Å². The van der Waals surface area contributed by atoms with Crippen molar-refractivity contribution in [3.8, 4) is 22.5 Å². The standard InChI is InChI=1S/C19H17P.C17H19N.C16H17NO.C10H15BO2.C6H4ClNO/c1-20(17-11-5-2-6-12-17,18-13-7-3-8-14-18)19-15-9-4-10-16-19;1-5-13-6-11-16(18-12-13)14-7-9-15(10-8-14)17(2,3)4;1-16(2,3)14-7-5-13(6-8-14)15-9-4-12(11-18)10-17-15;1-10(2,3)8-4-6-9(7-5-8)11(12)13;7-6-2-1-5(4-9)3-8-6/h2-16H,1H2;5-12H,1H2,2-4H3;4-11H,1-3H3;4-7,12-13H,1-3H3;1-4H. The molecule has 0 saturated carbocycles. The van der Waals surface area contributed by atoms with Gasteiger partial charge in [-0.05, 0) is 97.1 Å². The van der Waals surface area contributed by atoms with Crippen molar-refractivity contribution >= 4 is 71.9 Å². The van der Waals surface area contributed by atoms with Gasteiger partial charge in [-0.25, -0.2) is 4.98 Å². The highest BCUT2D eigenvalue weighted by molar-refractivity contribution is 7.93. The molecule has 0 aliphatic carbocycles. The third-order valence-corrected chi connectivity index (χ3v) is 16.4. The van der Waals surface area contributed by atoms with Gasteiger partial charge in [-0.1, -0.05) is 263 Å². The van der Waals surface area contributed by atoms with Gasteiger partial charge in [0.05, 0.1) is 11.4 Å². The highest BCUT2D eigenvalue weighted by Crippen LogP contribution is 2.41. The largest absolute Gasteiger partial charge is 0.488 e. The van der Waals surface area contributed by atoms with Crippen LogP contribution >= 0.6 is 18.5 Å². The quantitative estimate of drug-likeness (QED) is 0.0641. The third kappa shape index (κ3) is 18.3. The van der Waals surface area contributed by atoms with Gasteiger partial charge in [0, 0.05) is 40.8 Å². The van der Waals surface area contributed by atoms with E-state index >= 15 is 0 Å². The van der Waals surface area contributed by atoms with Crippen molar-refractivity contribution in [2.75, 3.05) is 0 Å². The number of aldehydes is 2. The molecule has 0 aliphatic heterocycles. The van der Waals surface area contributed by atoms with Gasteiger partial charge in [-0.15, -0.1) is 0 Å². The summed E-state index contributed by atoms with van der Waals surface area (Å²) in [5.41, 5.74) is 11.1. The molecule has 0 saturated heterocycles. The van der Waals surface area contributed by atoms with Gasteiger partial charge >= 0.3 is 7.12 Å². The summed E-state index contributed by atoms with van der Waals surface area (Å²) < 4.78 is 0. The van der Waals surface area contributed by atoms with Crippen molar-refractivity contribution in [1.29, 1.82) is 0 Å². The zero-order chi connectivity index (χ0) is 56.9. The van der Waals surface area contributed by atoms with Crippen molar-refractivity contribution in [2.45, 2.75) is 78.6 Å². The van der Waals surface area contributed by atoms with Crippen LogP contribution in [-0.2, 0) is 16.2 Å². The van der Waals surface area contributed by atoms with E-state index in [1.807, 2.05) is 36.5 Å². The number of carbonyl (C=O) groups is 2. The highest BCUT2D eigenvalue weighted by atomic mass is 35.5. The molecule has 0 amide bonds. The minimum Gasteiger partial charge on any atom is -0.423 e. The van der Waals surface area contributed by atoms with Crippen molar-refractivity contribution in [2.24, 2.45) is 0 Å². The molecule has 398 valence electrons. The monoisotopic (exact) mass is 1070 g/mol. The lowest BCUT2D eigenvalue weighted by Gasteiger charge is -2.26. The summed E-state index contributed by atoms with van der Waals surface area (Å²) in [7, 11) is -1.37. The Morgan fingerprint density at radius 1 is 0.436 bits per heavy atom. The molecule has 0 radical (unpaired) electrons. The lowest BCUT2D eigenvalue weighted by molar-refractivity contribution is 0.111. The Morgan fingerprint density at radius 2 is 0.756 bits per heavy atom. The Morgan fingerprint density at radius 3 is 1.03 bits per heavy atom.